The Hall–Kier alpha value is -2.22. The van der Waals surface area contributed by atoms with Gasteiger partial charge in [0.1, 0.15) is 0 Å². The molecular weight excluding hydrogens is 398 g/mol. The average Bonchev–Trinajstić information content (AvgIpc) is 2.71. The molecule has 2 aromatic carbocycles. The summed E-state index contributed by atoms with van der Waals surface area (Å²) in [5, 5.41) is 3.04. The summed E-state index contributed by atoms with van der Waals surface area (Å²) in [5.74, 6) is 0.0352. The minimum Gasteiger partial charge on any atom is -0.322 e. The van der Waals surface area contributed by atoms with Gasteiger partial charge in [-0.3, -0.25) is 9.69 Å². The van der Waals surface area contributed by atoms with Crippen molar-refractivity contribution in [2.75, 3.05) is 37.2 Å². The number of amides is 1. The lowest BCUT2D eigenvalue weighted by Gasteiger charge is -2.33. The maximum absolute atomic E-state index is 12.7. The highest BCUT2D eigenvalue weighted by Crippen LogP contribution is 2.23. The van der Waals surface area contributed by atoms with Crippen LogP contribution in [0.5, 0.6) is 0 Å². The Kier molecular flexibility index (Phi) is 6.95. The molecule has 2 aromatic rings. The summed E-state index contributed by atoms with van der Waals surface area (Å²) in [6.45, 7) is 11.0. The summed E-state index contributed by atoms with van der Waals surface area (Å²) in [6, 6.07) is 11.8. The average molecular weight is 430 g/mol. The van der Waals surface area contributed by atoms with E-state index in [1.165, 1.54) is 5.56 Å². The lowest BCUT2D eigenvalue weighted by molar-refractivity contribution is 0.102. The highest BCUT2D eigenvalue weighted by molar-refractivity contribution is 7.89. The van der Waals surface area contributed by atoms with E-state index in [4.69, 9.17) is 0 Å². The van der Waals surface area contributed by atoms with E-state index in [9.17, 15) is 13.2 Å². The van der Waals surface area contributed by atoms with Gasteiger partial charge in [-0.2, -0.15) is 4.31 Å². The number of hydrogen-bond acceptors (Lipinski definition) is 4. The predicted molar refractivity (Wildman–Crippen MR) is 121 cm³/mol. The first-order valence-electron chi connectivity index (χ1n) is 10.4. The Morgan fingerprint density at radius 3 is 2.07 bits per heavy atom. The first-order chi connectivity index (χ1) is 14.2. The van der Waals surface area contributed by atoms with Crippen LogP contribution >= 0.6 is 0 Å². The van der Waals surface area contributed by atoms with E-state index in [-0.39, 0.29) is 11.7 Å². The van der Waals surface area contributed by atoms with Crippen molar-refractivity contribution in [2.24, 2.45) is 0 Å². The molecule has 7 heteroatoms. The van der Waals surface area contributed by atoms with Crippen LogP contribution in [-0.4, -0.2) is 55.5 Å². The fraction of sp³-hybridized carbons (Fsp3) is 0.435. The molecule has 1 aliphatic heterocycles. The zero-order chi connectivity index (χ0) is 21.9. The maximum atomic E-state index is 12.7. The van der Waals surface area contributed by atoms with Crippen LogP contribution in [-0.2, 0) is 16.6 Å². The number of benzene rings is 2. The minimum atomic E-state index is -3.10. The van der Waals surface area contributed by atoms with Crippen LogP contribution in [0.15, 0.2) is 36.4 Å². The molecule has 0 bridgehead atoms. The van der Waals surface area contributed by atoms with E-state index in [2.05, 4.69) is 22.3 Å². The van der Waals surface area contributed by atoms with Crippen molar-refractivity contribution in [1.82, 2.24) is 9.21 Å². The van der Waals surface area contributed by atoms with Gasteiger partial charge >= 0.3 is 0 Å². The van der Waals surface area contributed by atoms with E-state index >= 15 is 0 Å². The first-order valence-corrected chi connectivity index (χ1v) is 12.0. The molecule has 0 atom stereocenters. The van der Waals surface area contributed by atoms with Crippen molar-refractivity contribution in [3.63, 3.8) is 0 Å². The summed E-state index contributed by atoms with van der Waals surface area (Å²) in [7, 11) is -3.10. The van der Waals surface area contributed by atoms with Gasteiger partial charge in [0.25, 0.3) is 5.91 Å². The van der Waals surface area contributed by atoms with Crippen LogP contribution in [0.2, 0.25) is 0 Å². The largest absolute Gasteiger partial charge is 0.322 e. The molecule has 0 spiro atoms. The van der Waals surface area contributed by atoms with Gasteiger partial charge in [0.05, 0.1) is 5.75 Å². The van der Waals surface area contributed by atoms with Crippen LogP contribution in [0.4, 0.5) is 5.69 Å². The second-order valence-corrected chi connectivity index (χ2v) is 10.3. The number of piperazine rings is 1. The van der Waals surface area contributed by atoms with Crippen molar-refractivity contribution in [2.45, 2.75) is 34.2 Å². The number of carbonyl (C=O) groups is 1. The van der Waals surface area contributed by atoms with Crippen molar-refractivity contribution >= 4 is 21.6 Å². The van der Waals surface area contributed by atoms with Crippen LogP contribution in [0.25, 0.3) is 0 Å². The zero-order valence-corrected chi connectivity index (χ0v) is 19.1. The lowest BCUT2D eigenvalue weighted by Crippen LogP contribution is -2.48. The van der Waals surface area contributed by atoms with Crippen LogP contribution < -0.4 is 5.32 Å². The third-order valence-corrected chi connectivity index (χ3v) is 7.51. The van der Waals surface area contributed by atoms with Gasteiger partial charge in [-0.25, -0.2) is 8.42 Å². The summed E-state index contributed by atoms with van der Waals surface area (Å²) in [5.41, 5.74) is 5.90. The number of nitrogens with zero attached hydrogens (tertiary/aromatic N) is 2. The van der Waals surface area contributed by atoms with Gasteiger partial charge < -0.3 is 5.32 Å². The SMILES string of the molecule is CCS(=O)(=O)N1CCN(Cc2ccc(C(=O)Nc3c(C)cc(C)cc3C)cc2)CC1. The monoisotopic (exact) mass is 429 g/mol. The number of aryl methyl sites for hydroxylation is 3. The Balaban J connectivity index is 1.59. The number of sulfonamides is 1. The van der Waals surface area contributed by atoms with Crippen LogP contribution in [0, 0.1) is 20.8 Å². The summed E-state index contributed by atoms with van der Waals surface area (Å²) in [6.07, 6.45) is 0. The molecule has 1 saturated heterocycles. The zero-order valence-electron chi connectivity index (χ0n) is 18.2. The molecule has 162 valence electrons. The Morgan fingerprint density at radius 1 is 0.967 bits per heavy atom. The van der Waals surface area contributed by atoms with E-state index < -0.39 is 10.0 Å². The smallest absolute Gasteiger partial charge is 0.255 e. The van der Waals surface area contributed by atoms with E-state index in [0.717, 1.165) is 28.9 Å². The molecule has 0 unspecified atom stereocenters. The van der Waals surface area contributed by atoms with Gasteiger partial charge in [-0.05, 0) is 56.5 Å². The first kappa shape index (κ1) is 22.5. The molecule has 6 nitrogen and oxygen atoms in total. The fourth-order valence-corrected chi connectivity index (χ4v) is 5.02. The highest BCUT2D eigenvalue weighted by Gasteiger charge is 2.25. The summed E-state index contributed by atoms with van der Waals surface area (Å²) < 4.78 is 25.5. The highest BCUT2D eigenvalue weighted by atomic mass is 32.2. The molecule has 1 aliphatic rings. The molecule has 30 heavy (non-hydrogen) atoms. The number of rotatable bonds is 6. The van der Waals surface area contributed by atoms with Crippen molar-refractivity contribution in [1.29, 1.82) is 0 Å². The molecule has 1 heterocycles. The molecule has 1 N–H and O–H groups in total. The van der Waals surface area contributed by atoms with Gasteiger partial charge in [-0.15, -0.1) is 0 Å². The number of carbonyl (C=O) groups excluding carboxylic acids is 1. The van der Waals surface area contributed by atoms with Gasteiger partial charge in [-0.1, -0.05) is 29.8 Å². The topological polar surface area (TPSA) is 69.7 Å². The molecule has 0 radical (unpaired) electrons. The Bertz CT molecular complexity index is 985. The normalized spacial score (nSPS) is 15.9. The lowest BCUT2D eigenvalue weighted by atomic mass is 10.0. The van der Waals surface area contributed by atoms with Gasteiger partial charge in [0, 0.05) is 44.0 Å². The quantitative estimate of drug-likeness (QED) is 0.765. The van der Waals surface area contributed by atoms with Crippen LogP contribution in [0.3, 0.4) is 0 Å². The molecule has 0 aliphatic carbocycles. The molecule has 3 rings (SSSR count). The van der Waals surface area contributed by atoms with Gasteiger partial charge in [0.15, 0.2) is 0 Å². The molecular formula is C23H31N3O3S. The minimum absolute atomic E-state index is 0.116. The van der Waals surface area contributed by atoms with E-state index in [1.807, 2.05) is 45.0 Å². The number of hydrogen-bond donors (Lipinski definition) is 1. The van der Waals surface area contributed by atoms with Crippen molar-refractivity contribution < 1.29 is 13.2 Å². The molecule has 1 amide bonds. The summed E-state index contributed by atoms with van der Waals surface area (Å²) in [4.78, 5) is 14.9. The summed E-state index contributed by atoms with van der Waals surface area (Å²) >= 11 is 0. The Labute approximate surface area is 179 Å². The van der Waals surface area contributed by atoms with E-state index in [0.29, 0.717) is 31.7 Å². The van der Waals surface area contributed by atoms with E-state index in [1.54, 1.807) is 11.2 Å². The third-order valence-electron chi connectivity index (χ3n) is 5.63. The second kappa shape index (κ2) is 9.29. The maximum Gasteiger partial charge on any atom is 0.255 e. The number of anilines is 1. The standard InChI is InChI=1S/C23H31N3O3S/c1-5-30(28,29)26-12-10-25(11-13-26)16-20-6-8-21(9-7-20)23(27)24-22-18(3)14-17(2)15-19(22)4/h6-9,14-15H,5,10-13,16H2,1-4H3,(H,24,27). The molecule has 1 fully saturated rings. The van der Waals surface area contributed by atoms with Crippen LogP contribution in [0.1, 0.15) is 39.5 Å². The predicted octanol–water partition coefficient (Wildman–Crippen LogP) is 3.33. The van der Waals surface area contributed by atoms with Crippen molar-refractivity contribution in [3.05, 3.63) is 64.2 Å². The second-order valence-electron chi connectivity index (χ2n) is 8.00. The van der Waals surface area contributed by atoms with Crippen molar-refractivity contribution in [3.8, 4) is 0 Å². The molecule has 0 saturated carbocycles. The Morgan fingerprint density at radius 2 is 1.53 bits per heavy atom. The third kappa shape index (κ3) is 5.28. The fourth-order valence-electron chi connectivity index (χ4n) is 3.93. The van der Waals surface area contributed by atoms with Gasteiger partial charge in [0.2, 0.25) is 10.0 Å². The molecule has 0 aromatic heterocycles. The number of nitrogens with one attached hydrogen (secondary N) is 1.